The van der Waals surface area contributed by atoms with Gasteiger partial charge in [0, 0.05) is 12.8 Å². The second kappa shape index (κ2) is 7.48. The van der Waals surface area contributed by atoms with Crippen LogP contribution in [0.5, 0.6) is 0 Å². The minimum atomic E-state index is -0.787. The predicted molar refractivity (Wildman–Crippen MR) is 67.3 cm³/mol. The Morgan fingerprint density at radius 3 is 2.44 bits per heavy atom. The average Bonchev–Trinajstić information content (AvgIpc) is 2.37. The molecule has 0 saturated heterocycles. The highest BCUT2D eigenvalue weighted by molar-refractivity contribution is 5.67. The molecule has 1 rings (SSSR count). The normalized spacial score (nSPS) is 11.8. The molecule has 1 aromatic rings. The van der Waals surface area contributed by atoms with Crippen LogP contribution in [-0.2, 0) is 27.2 Å². The summed E-state index contributed by atoms with van der Waals surface area (Å²) in [7, 11) is 0. The number of carbonyl (C=O) groups is 2. The summed E-state index contributed by atoms with van der Waals surface area (Å²) in [4.78, 5) is 20.7. The first-order valence-corrected chi connectivity index (χ1v) is 6.04. The van der Waals surface area contributed by atoms with E-state index in [-0.39, 0.29) is 12.5 Å². The van der Waals surface area contributed by atoms with Crippen molar-refractivity contribution in [2.75, 3.05) is 0 Å². The summed E-state index contributed by atoms with van der Waals surface area (Å²) in [5.74, 6) is -0.787. The van der Waals surface area contributed by atoms with Gasteiger partial charge < -0.3 is 9.84 Å². The second-order valence-corrected chi connectivity index (χ2v) is 4.18. The van der Waals surface area contributed by atoms with Crippen LogP contribution in [0.2, 0.25) is 0 Å². The molecule has 4 nitrogen and oxygen atoms in total. The van der Waals surface area contributed by atoms with Crippen molar-refractivity contribution in [3.63, 3.8) is 0 Å². The van der Waals surface area contributed by atoms with Gasteiger partial charge in [-0.3, -0.25) is 9.59 Å². The summed E-state index contributed by atoms with van der Waals surface area (Å²) in [6, 6.07) is 7.75. The van der Waals surface area contributed by atoms with E-state index in [1.165, 1.54) is 0 Å². The highest BCUT2D eigenvalue weighted by Gasteiger charge is 2.07. The Kier molecular flexibility index (Phi) is 5.91. The van der Waals surface area contributed by atoms with Crippen LogP contribution in [0.3, 0.4) is 0 Å². The van der Waals surface area contributed by atoms with E-state index in [1.54, 1.807) is 0 Å². The highest BCUT2D eigenvalue weighted by Crippen LogP contribution is 2.11. The third-order valence-electron chi connectivity index (χ3n) is 2.82. The van der Waals surface area contributed by atoms with E-state index in [0.717, 1.165) is 17.5 Å². The van der Waals surface area contributed by atoms with E-state index in [9.17, 15) is 9.59 Å². The summed E-state index contributed by atoms with van der Waals surface area (Å²) in [5.41, 5.74) is 2.09. The van der Waals surface area contributed by atoms with Gasteiger partial charge in [-0.1, -0.05) is 31.2 Å². The highest BCUT2D eigenvalue weighted by atomic mass is 16.5. The zero-order valence-corrected chi connectivity index (χ0v) is 10.5. The number of carboxylic acid groups (broad SMARTS) is 1. The molecule has 0 aliphatic rings. The Labute approximate surface area is 107 Å². The lowest BCUT2D eigenvalue weighted by Crippen LogP contribution is -2.14. The number of aliphatic carboxylic acids is 1. The Balaban J connectivity index is 2.53. The number of hydrogen-bond acceptors (Lipinski definition) is 3. The largest absolute Gasteiger partial charge is 0.481 e. The quantitative estimate of drug-likeness (QED) is 0.718. The minimum Gasteiger partial charge on any atom is -0.481 e. The molecule has 0 aromatic heterocycles. The summed E-state index contributed by atoms with van der Waals surface area (Å²) < 4.78 is 4.95. The van der Waals surface area contributed by atoms with Gasteiger partial charge in [-0.25, -0.2) is 0 Å². The first-order chi connectivity index (χ1) is 8.65. The van der Waals surface area contributed by atoms with Gasteiger partial charge in [0.1, 0.15) is 6.10 Å². The molecule has 18 heavy (non-hydrogen) atoms. The van der Waals surface area contributed by atoms with Gasteiger partial charge in [-0.15, -0.1) is 0 Å². The van der Waals surface area contributed by atoms with Gasteiger partial charge in [0.2, 0.25) is 0 Å². The topological polar surface area (TPSA) is 63.6 Å². The van der Waals surface area contributed by atoms with Crippen LogP contribution >= 0.6 is 0 Å². The lowest BCUT2D eigenvalue weighted by atomic mass is 10.0. The lowest BCUT2D eigenvalue weighted by Gasteiger charge is -2.12. The number of carboxylic acids is 1. The molecule has 1 unspecified atom stereocenters. The van der Waals surface area contributed by atoms with Crippen molar-refractivity contribution in [3.05, 3.63) is 35.4 Å². The molecule has 0 saturated carbocycles. The fraction of sp³-hybridized carbons (Fsp3) is 0.429. The summed E-state index contributed by atoms with van der Waals surface area (Å²) >= 11 is 0. The SMILES string of the molecule is CCC(Cc1ccc(CCC(=O)O)cc1)OC=O. The average molecular weight is 250 g/mol. The molecule has 0 spiro atoms. The third-order valence-corrected chi connectivity index (χ3v) is 2.82. The van der Waals surface area contributed by atoms with Crippen molar-refractivity contribution in [1.82, 2.24) is 0 Å². The fourth-order valence-electron chi connectivity index (χ4n) is 1.72. The summed E-state index contributed by atoms with van der Waals surface area (Å²) in [5, 5.41) is 8.59. The lowest BCUT2D eigenvalue weighted by molar-refractivity contribution is -0.137. The third kappa shape index (κ3) is 4.99. The number of carbonyl (C=O) groups excluding carboxylic acids is 1. The molecular weight excluding hydrogens is 232 g/mol. The zero-order chi connectivity index (χ0) is 13.4. The van der Waals surface area contributed by atoms with Crippen molar-refractivity contribution in [3.8, 4) is 0 Å². The van der Waals surface area contributed by atoms with Crippen LogP contribution in [0.4, 0.5) is 0 Å². The van der Waals surface area contributed by atoms with E-state index in [0.29, 0.717) is 19.3 Å². The van der Waals surface area contributed by atoms with E-state index < -0.39 is 5.97 Å². The Bertz CT molecular complexity index is 383. The van der Waals surface area contributed by atoms with Crippen LogP contribution in [0.1, 0.15) is 30.9 Å². The van der Waals surface area contributed by atoms with Gasteiger partial charge in [-0.05, 0) is 24.0 Å². The van der Waals surface area contributed by atoms with Gasteiger partial charge in [0.05, 0.1) is 0 Å². The maximum absolute atomic E-state index is 10.4. The summed E-state index contributed by atoms with van der Waals surface area (Å²) in [6.45, 7) is 2.45. The van der Waals surface area contributed by atoms with Crippen molar-refractivity contribution in [2.24, 2.45) is 0 Å². The first kappa shape index (κ1) is 14.2. The zero-order valence-electron chi connectivity index (χ0n) is 10.5. The number of rotatable bonds is 8. The summed E-state index contributed by atoms with van der Waals surface area (Å²) in [6.07, 6.45) is 2.06. The smallest absolute Gasteiger partial charge is 0.303 e. The standard InChI is InChI=1S/C14H18O4/c1-2-13(18-10-15)9-12-5-3-11(4-6-12)7-8-14(16)17/h3-6,10,13H,2,7-9H2,1H3,(H,16,17). The second-order valence-electron chi connectivity index (χ2n) is 4.18. The molecule has 0 bridgehead atoms. The molecule has 1 N–H and O–H groups in total. The van der Waals surface area contributed by atoms with Gasteiger partial charge in [-0.2, -0.15) is 0 Å². The Morgan fingerprint density at radius 1 is 1.33 bits per heavy atom. The fourth-order valence-corrected chi connectivity index (χ4v) is 1.72. The van der Waals surface area contributed by atoms with Crippen LogP contribution < -0.4 is 0 Å². The number of aryl methyl sites for hydroxylation is 1. The van der Waals surface area contributed by atoms with E-state index >= 15 is 0 Å². The molecular formula is C14H18O4. The maximum Gasteiger partial charge on any atom is 0.303 e. The van der Waals surface area contributed by atoms with Crippen LogP contribution in [0.15, 0.2) is 24.3 Å². The van der Waals surface area contributed by atoms with Gasteiger partial charge in [0.25, 0.3) is 6.47 Å². The number of ether oxygens (including phenoxy) is 1. The monoisotopic (exact) mass is 250 g/mol. The van der Waals surface area contributed by atoms with Crippen molar-refractivity contribution >= 4 is 12.4 Å². The Hall–Kier alpha value is -1.84. The van der Waals surface area contributed by atoms with E-state index in [2.05, 4.69) is 0 Å². The van der Waals surface area contributed by atoms with Crippen LogP contribution in [0, 0.1) is 0 Å². The molecule has 0 aliphatic heterocycles. The molecule has 0 amide bonds. The van der Waals surface area contributed by atoms with Crippen LogP contribution in [-0.4, -0.2) is 23.7 Å². The molecule has 98 valence electrons. The van der Waals surface area contributed by atoms with E-state index in [4.69, 9.17) is 9.84 Å². The minimum absolute atomic E-state index is 0.0904. The molecule has 0 aliphatic carbocycles. The van der Waals surface area contributed by atoms with E-state index in [1.807, 2.05) is 31.2 Å². The molecule has 1 aromatic carbocycles. The van der Waals surface area contributed by atoms with Gasteiger partial charge >= 0.3 is 5.97 Å². The predicted octanol–water partition coefficient (Wildman–Crippen LogP) is 2.20. The van der Waals surface area contributed by atoms with Crippen molar-refractivity contribution < 1.29 is 19.4 Å². The van der Waals surface area contributed by atoms with Crippen molar-refractivity contribution in [2.45, 2.75) is 38.7 Å². The van der Waals surface area contributed by atoms with Crippen LogP contribution in [0.25, 0.3) is 0 Å². The molecule has 4 heteroatoms. The molecule has 0 radical (unpaired) electrons. The molecule has 0 fully saturated rings. The van der Waals surface area contributed by atoms with Crippen molar-refractivity contribution in [1.29, 1.82) is 0 Å². The molecule has 1 atom stereocenters. The van der Waals surface area contributed by atoms with Gasteiger partial charge in [0.15, 0.2) is 0 Å². The number of hydrogen-bond donors (Lipinski definition) is 1. The maximum atomic E-state index is 10.4. The molecule has 0 heterocycles. The Morgan fingerprint density at radius 2 is 1.94 bits per heavy atom. The first-order valence-electron chi connectivity index (χ1n) is 6.04. The number of benzene rings is 1.